The van der Waals surface area contributed by atoms with E-state index >= 15 is 0 Å². The second-order valence-corrected chi connectivity index (χ2v) is 4.49. The van der Waals surface area contributed by atoms with Crippen LogP contribution in [0.5, 0.6) is 0 Å². The number of ketones is 1. The maximum Gasteiger partial charge on any atom is 0.235 e. The van der Waals surface area contributed by atoms with Crippen LogP contribution in [0.1, 0.15) is 12.5 Å². The Bertz CT molecular complexity index is 681. The summed E-state index contributed by atoms with van der Waals surface area (Å²) in [6, 6.07) is 9.40. The number of nitrogens with zero attached hydrogens (tertiary/aromatic N) is 1. The molecule has 0 saturated heterocycles. The molecule has 0 fully saturated rings. The van der Waals surface area contributed by atoms with Crippen molar-refractivity contribution in [3.63, 3.8) is 0 Å². The third-order valence-corrected chi connectivity index (χ3v) is 3.15. The maximum atomic E-state index is 11.8. The zero-order valence-corrected chi connectivity index (χ0v) is 10.9. The predicted molar refractivity (Wildman–Crippen MR) is 74.1 cm³/mol. The van der Waals surface area contributed by atoms with Crippen LogP contribution >= 0.6 is 0 Å². The molecule has 1 heterocycles. The number of hydroxylamine groups is 2. The van der Waals surface area contributed by atoms with Gasteiger partial charge in [-0.25, -0.2) is 0 Å². The molecule has 4 heteroatoms. The van der Waals surface area contributed by atoms with E-state index < -0.39 is 0 Å². The van der Waals surface area contributed by atoms with Gasteiger partial charge >= 0.3 is 0 Å². The molecule has 100 valence electrons. The summed E-state index contributed by atoms with van der Waals surface area (Å²) in [5.74, 6) is 0.507. The van der Waals surface area contributed by atoms with Crippen LogP contribution in [0.4, 0.5) is 0 Å². The van der Waals surface area contributed by atoms with E-state index in [4.69, 9.17) is 4.74 Å². The second kappa shape index (κ2) is 4.83. The van der Waals surface area contributed by atoms with Crippen molar-refractivity contribution >= 4 is 11.5 Å². The first-order valence-corrected chi connectivity index (χ1v) is 6.25. The SMILES string of the molecule is CC1=C(c2ccccc2)N(O)/C(=C2/C=CC=CC2=O)O1. The summed E-state index contributed by atoms with van der Waals surface area (Å²) in [5, 5.41) is 11.3. The Labute approximate surface area is 116 Å². The quantitative estimate of drug-likeness (QED) is 0.795. The van der Waals surface area contributed by atoms with E-state index in [1.54, 1.807) is 25.2 Å². The summed E-state index contributed by atoms with van der Waals surface area (Å²) in [4.78, 5) is 11.8. The molecule has 1 aliphatic heterocycles. The maximum absolute atomic E-state index is 11.8. The lowest BCUT2D eigenvalue weighted by Gasteiger charge is -2.15. The lowest BCUT2D eigenvalue weighted by molar-refractivity contribution is -0.111. The Balaban J connectivity index is 2.03. The van der Waals surface area contributed by atoms with Gasteiger partial charge in [-0.05, 0) is 19.1 Å². The fraction of sp³-hybridized carbons (Fsp3) is 0.0625. The van der Waals surface area contributed by atoms with E-state index in [0.717, 1.165) is 10.6 Å². The van der Waals surface area contributed by atoms with Crippen LogP contribution in [-0.4, -0.2) is 16.1 Å². The zero-order valence-electron chi connectivity index (χ0n) is 10.9. The van der Waals surface area contributed by atoms with E-state index in [0.29, 0.717) is 17.0 Å². The highest BCUT2D eigenvalue weighted by atomic mass is 16.6. The van der Waals surface area contributed by atoms with Crippen molar-refractivity contribution in [1.82, 2.24) is 5.06 Å². The number of hydrogen-bond acceptors (Lipinski definition) is 4. The number of carbonyl (C=O) groups is 1. The monoisotopic (exact) mass is 267 g/mol. The summed E-state index contributed by atoms with van der Waals surface area (Å²) < 4.78 is 5.58. The smallest absolute Gasteiger partial charge is 0.235 e. The molecule has 0 saturated carbocycles. The van der Waals surface area contributed by atoms with E-state index in [9.17, 15) is 10.0 Å². The minimum Gasteiger partial charge on any atom is -0.440 e. The van der Waals surface area contributed by atoms with Crippen molar-refractivity contribution < 1.29 is 14.7 Å². The van der Waals surface area contributed by atoms with Crippen LogP contribution in [0.25, 0.3) is 5.70 Å². The number of hydrogen-bond donors (Lipinski definition) is 1. The molecule has 0 radical (unpaired) electrons. The molecule has 0 aromatic heterocycles. The summed E-state index contributed by atoms with van der Waals surface area (Å²) >= 11 is 0. The number of rotatable bonds is 1. The third-order valence-electron chi connectivity index (χ3n) is 3.15. The predicted octanol–water partition coefficient (Wildman–Crippen LogP) is 3.00. The van der Waals surface area contributed by atoms with Crippen molar-refractivity contribution in [3.8, 4) is 0 Å². The highest BCUT2D eigenvalue weighted by Gasteiger charge is 2.31. The molecule has 4 nitrogen and oxygen atoms in total. The van der Waals surface area contributed by atoms with Crippen molar-refractivity contribution in [2.45, 2.75) is 6.92 Å². The van der Waals surface area contributed by atoms with Gasteiger partial charge in [0, 0.05) is 5.56 Å². The van der Waals surface area contributed by atoms with Gasteiger partial charge in [-0.3, -0.25) is 10.0 Å². The van der Waals surface area contributed by atoms with Crippen LogP contribution in [0.2, 0.25) is 0 Å². The van der Waals surface area contributed by atoms with E-state index in [-0.39, 0.29) is 11.7 Å². The van der Waals surface area contributed by atoms with Crippen LogP contribution in [0.3, 0.4) is 0 Å². The Hall–Kier alpha value is -2.59. The van der Waals surface area contributed by atoms with Crippen molar-refractivity contribution in [1.29, 1.82) is 0 Å². The molecule has 2 aliphatic rings. The number of ether oxygens (including phenoxy) is 1. The standard InChI is InChI=1S/C16H13NO3/c1-11-15(12-7-3-2-4-8-12)17(19)16(20-11)13-9-5-6-10-14(13)18/h2-10,19H,1H3/b16-13+. The Morgan fingerprint density at radius 3 is 2.50 bits per heavy atom. The molecule has 3 rings (SSSR count). The second-order valence-electron chi connectivity index (χ2n) is 4.49. The summed E-state index contributed by atoms with van der Waals surface area (Å²) in [6.07, 6.45) is 6.45. The third kappa shape index (κ3) is 1.96. The van der Waals surface area contributed by atoms with Crippen LogP contribution in [-0.2, 0) is 9.53 Å². The van der Waals surface area contributed by atoms with Crippen LogP contribution in [0, 0.1) is 0 Å². The molecular weight excluding hydrogens is 254 g/mol. The molecule has 0 spiro atoms. The largest absolute Gasteiger partial charge is 0.440 e. The Morgan fingerprint density at radius 1 is 1.10 bits per heavy atom. The highest BCUT2D eigenvalue weighted by Crippen LogP contribution is 2.36. The van der Waals surface area contributed by atoms with Gasteiger partial charge in [-0.1, -0.05) is 42.5 Å². The minimum atomic E-state index is -0.191. The molecule has 1 aliphatic carbocycles. The van der Waals surface area contributed by atoms with Gasteiger partial charge < -0.3 is 4.74 Å². The molecule has 1 N–H and O–H groups in total. The first kappa shape index (κ1) is 12.4. The first-order chi connectivity index (χ1) is 9.68. The van der Waals surface area contributed by atoms with E-state index in [1.165, 1.54) is 6.08 Å². The molecule has 1 aromatic carbocycles. The number of carbonyl (C=O) groups excluding carboxylic acids is 1. The van der Waals surface area contributed by atoms with Gasteiger partial charge in [-0.15, -0.1) is 0 Å². The zero-order chi connectivity index (χ0) is 14.1. The lowest BCUT2D eigenvalue weighted by Crippen LogP contribution is -2.17. The molecule has 20 heavy (non-hydrogen) atoms. The molecule has 1 aromatic rings. The summed E-state index contributed by atoms with van der Waals surface area (Å²) in [5.41, 5.74) is 1.70. The van der Waals surface area contributed by atoms with Crippen molar-refractivity contribution in [2.24, 2.45) is 0 Å². The highest BCUT2D eigenvalue weighted by molar-refractivity contribution is 6.07. The molecule has 0 unspecified atom stereocenters. The van der Waals surface area contributed by atoms with Gasteiger partial charge in [0.2, 0.25) is 5.88 Å². The molecule has 0 bridgehead atoms. The van der Waals surface area contributed by atoms with Gasteiger partial charge in [0.05, 0.1) is 5.57 Å². The normalized spacial score (nSPS) is 21.7. The topological polar surface area (TPSA) is 49.8 Å². The van der Waals surface area contributed by atoms with Gasteiger partial charge in [0.15, 0.2) is 5.78 Å². The van der Waals surface area contributed by atoms with E-state index in [1.807, 2.05) is 30.3 Å². The Kier molecular flexibility index (Phi) is 3.00. The average molecular weight is 267 g/mol. The lowest BCUT2D eigenvalue weighted by atomic mass is 10.1. The Morgan fingerprint density at radius 2 is 1.80 bits per heavy atom. The van der Waals surface area contributed by atoms with Gasteiger partial charge in [-0.2, -0.15) is 5.06 Å². The van der Waals surface area contributed by atoms with Gasteiger partial charge in [0.25, 0.3) is 0 Å². The fourth-order valence-corrected chi connectivity index (χ4v) is 2.22. The summed E-state index contributed by atoms with van der Waals surface area (Å²) in [7, 11) is 0. The minimum absolute atomic E-state index is 0.145. The molecule has 0 amide bonds. The first-order valence-electron chi connectivity index (χ1n) is 6.25. The fourth-order valence-electron chi connectivity index (χ4n) is 2.22. The molecular formula is C16H13NO3. The average Bonchev–Trinajstić information content (AvgIpc) is 2.75. The molecule has 0 atom stereocenters. The van der Waals surface area contributed by atoms with Crippen molar-refractivity contribution in [2.75, 3.05) is 0 Å². The van der Waals surface area contributed by atoms with Crippen molar-refractivity contribution in [3.05, 3.63) is 77.4 Å². The number of benzene rings is 1. The van der Waals surface area contributed by atoms with E-state index in [2.05, 4.69) is 0 Å². The van der Waals surface area contributed by atoms with Gasteiger partial charge in [0.1, 0.15) is 11.5 Å². The number of allylic oxidation sites excluding steroid dienone is 6. The van der Waals surface area contributed by atoms with Crippen LogP contribution in [0.15, 0.2) is 71.9 Å². The summed E-state index contributed by atoms with van der Waals surface area (Å²) in [6.45, 7) is 1.76. The van der Waals surface area contributed by atoms with Crippen LogP contribution < -0.4 is 0 Å².